The zero-order valence-corrected chi connectivity index (χ0v) is 12.1. The maximum atomic E-state index is 11.7. The molecule has 0 aromatic heterocycles. The van der Waals surface area contributed by atoms with Gasteiger partial charge in [-0.2, -0.15) is 0 Å². The van der Waals surface area contributed by atoms with Crippen LogP contribution in [-0.4, -0.2) is 36.9 Å². The van der Waals surface area contributed by atoms with E-state index in [0.717, 1.165) is 18.7 Å². The minimum absolute atomic E-state index is 0.112. The lowest BCUT2D eigenvalue weighted by molar-refractivity contribution is -0.115. The van der Waals surface area contributed by atoms with Crippen LogP contribution < -0.4 is 10.2 Å². The largest absolute Gasteiger partial charge is 0.372 e. The van der Waals surface area contributed by atoms with Crippen LogP contribution in [0.1, 0.15) is 19.4 Å². The maximum absolute atomic E-state index is 11.7. The molecule has 1 fully saturated rings. The number of benzene rings is 1. The summed E-state index contributed by atoms with van der Waals surface area (Å²) in [6.45, 7) is 6.20. The van der Waals surface area contributed by atoms with Gasteiger partial charge in [0.05, 0.1) is 0 Å². The average Bonchev–Trinajstić information content (AvgIpc) is 2.68. The van der Waals surface area contributed by atoms with E-state index in [9.17, 15) is 4.79 Å². The number of carbonyl (C=O) groups is 1. The minimum atomic E-state index is -0.231. The van der Waals surface area contributed by atoms with Gasteiger partial charge in [0, 0.05) is 25.8 Å². The Hall–Kier alpha value is -2.30. The fourth-order valence-corrected chi connectivity index (χ4v) is 2.22. The Balaban J connectivity index is 2.23. The summed E-state index contributed by atoms with van der Waals surface area (Å²) in [5.41, 5.74) is 2.62. The Labute approximate surface area is 119 Å². The van der Waals surface area contributed by atoms with Gasteiger partial charge < -0.3 is 9.80 Å². The van der Waals surface area contributed by atoms with E-state index in [1.54, 1.807) is 18.0 Å². The topological polar surface area (TPSA) is 59.4 Å². The second-order valence-corrected chi connectivity index (χ2v) is 4.66. The van der Waals surface area contributed by atoms with Crippen LogP contribution in [0.4, 0.5) is 5.69 Å². The Morgan fingerprint density at radius 3 is 2.30 bits per heavy atom. The van der Waals surface area contributed by atoms with E-state index in [0.29, 0.717) is 5.70 Å². The lowest BCUT2D eigenvalue weighted by Crippen LogP contribution is -2.25. The van der Waals surface area contributed by atoms with Gasteiger partial charge in [-0.15, -0.1) is 0 Å². The molecule has 1 heterocycles. The second kappa shape index (κ2) is 5.77. The molecule has 0 atom stereocenters. The lowest BCUT2D eigenvalue weighted by Gasteiger charge is -2.20. The number of guanidine groups is 1. The van der Waals surface area contributed by atoms with Gasteiger partial charge in [0.15, 0.2) is 0 Å². The minimum Gasteiger partial charge on any atom is -0.372 e. The van der Waals surface area contributed by atoms with Crippen LogP contribution >= 0.6 is 0 Å². The van der Waals surface area contributed by atoms with Crippen molar-refractivity contribution in [3.8, 4) is 0 Å². The highest BCUT2D eigenvalue weighted by Gasteiger charge is 2.26. The predicted molar refractivity (Wildman–Crippen MR) is 81.6 cm³/mol. The quantitative estimate of drug-likeness (QED) is 0.823. The molecule has 0 spiro atoms. The molecule has 0 aliphatic carbocycles. The zero-order valence-electron chi connectivity index (χ0n) is 12.1. The standard InChI is InChI=1S/C15H20N4O/c1-4-19(5-2)12-8-6-11(7-9-12)10-13-14(20)17-15(16)18(13)3/h6-10H,4-5H2,1-3H3,(H2,16,17,20). The Kier molecular flexibility index (Phi) is 4.08. The van der Waals surface area contributed by atoms with Crippen molar-refractivity contribution in [1.82, 2.24) is 10.2 Å². The van der Waals surface area contributed by atoms with Gasteiger partial charge >= 0.3 is 0 Å². The molecule has 0 bridgehead atoms. The summed E-state index contributed by atoms with van der Waals surface area (Å²) in [6.07, 6.45) is 1.79. The monoisotopic (exact) mass is 272 g/mol. The molecule has 1 aromatic rings. The molecule has 1 saturated heterocycles. The first kappa shape index (κ1) is 14.1. The first-order valence-electron chi connectivity index (χ1n) is 6.77. The fraction of sp³-hybridized carbons (Fsp3) is 0.333. The number of hydrogen-bond donors (Lipinski definition) is 2. The smallest absolute Gasteiger partial charge is 0.274 e. The van der Waals surface area contributed by atoms with Gasteiger partial charge in [0.25, 0.3) is 5.91 Å². The van der Waals surface area contributed by atoms with Gasteiger partial charge in [-0.05, 0) is 37.6 Å². The number of amides is 1. The Bertz CT molecular complexity index is 543. The van der Waals surface area contributed by atoms with Crippen LogP contribution in [0.25, 0.3) is 6.08 Å². The number of hydrogen-bond acceptors (Lipinski definition) is 3. The number of carbonyl (C=O) groups excluding carboxylic acids is 1. The Morgan fingerprint density at radius 1 is 1.25 bits per heavy atom. The van der Waals surface area contributed by atoms with Crippen molar-refractivity contribution < 1.29 is 4.79 Å². The van der Waals surface area contributed by atoms with Crippen LogP contribution in [0, 0.1) is 5.41 Å². The van der Waals surface area contributed by atoms with Crippen molar-refractivity contribution in [2.75, 3.05) is 25.0 Å². The fourth-order valence-electron chi connectivity index (χ4n) is 2.22. The highest BCUT2D eigenvalue weighted by Crippen LogP contribution is 2.18. The van der Waals surface area contributed by atoms with Crippen LogP contribution in [-0.2, 0) is 4.79 Å². The molecule has 0 saturated carbocycles. The lowest BCUT2D eigenvalue weighted by atomic mass is 10.1. The van der Waals surface area contributed by atoms with Gasteiger partial charge in [-0.25, -0.2) is 0 Å². The molecule has 5 nitrogen and oxygen atoms in total. The molecule has 1 aliphatic heterocycles. The van der Waals surface area contributed by atoms with Gasteiger partial charge in [0.2, 0.25) is 5.96 Å². The van der Waals surface area contributed by atoms with Crippen molar-refractivity contribution in [1.29, 1.82) is 5.41 Å². The van der Waals surface area contributed by atoms with E-state index < -0.39 is 0 Å². The second-order valence-electron chi connectivity index (χ2n) is 4.66. The van der Waals surface area contributed by atoms with Crippen molar-refractivity contribution in [3.05, 3.63) is 35.5 Å². The van der Waals surface area contributed by atoms with E-state index in [1.165, 1.54) is 5.69 Å². The molecule has 5 heteroatoms. The normalized spacial score (nSPS) is 16.8. The van der Waals surface area contributed by atoms with E-state index in [2.05, 4.69) is 36.2 Å². The van der Waals surface area contributed by atoms with Crippen molar-refractivity contribution >= 4 is 23.6 Å². The van der Waals surface area contributed by atoms with E-state index in [4.69, 9.17) is 5.41 Å². The van der Waals surface area contributed by atoms with Crippen molar-refractivity contribution in [2.45, 2.75) is 13.8 Å². The van der Waals surface area contributed by atoms with Crippen LogP contribution in [0.2, 0.25) is 0 Å². The average molecular weight is 272 g/mol. The van der Waals surface area contributed by atoms with Gasteiger partial charge in [-0.3, -0.25) is 15.5 Å². The summed E-state index contributed by atoms with van der Waals surface area (Å²) in [4.78, 5) is 15.5. The zero-order chi connectivity index (χ0) is 14.7. The van der Waals surface area contributed by atoms with Crippen LogP contribution in [0.5, 0.6) is 0 Å². The molecule has 1 amide bonds. The van der Waals surface area contributed by atoms with Crippen LogP contribution in [0.3, 0.4) is 0 Å². The summed E-state index contributed by atoms with van der Waals surface area (Å²) >= 11 is 0. The van der Waals surface area contributed by atoms with Crippen LogP contribution in [0.15, 0.2) is 30.0 Å². The van der Waals surface area contributed by atoms with E-state index >= 15 is 0 Å². The van der Waals surface area contributed by atoms with Crippen molar-refractivity contribution in [2.24, 2.45) is 0 Å². The van der Waals surface area contributed by atoms with E-state index in [1.807, 2.05) is 12.1 Å². The summed E-state index contributed by atoms with van der Waals surface area (Å²) in [5.74, 6) is -0.119. The molecular weight excluding hydrogens is 252 g/mol. The molecule has 2 N–H and O–H groups in total. The summed E-state index contributed by atoms with van der Waals surface area (Å²) in [6, 6.07) is 8.09. The summed E-state index contributed by atoms with van der Waals surface area (Å²) in [5, 5.41) is 10.0. The number of likely N-dealkylation sites (N-methyl/N-ethyl adjacent to an activating group) is 1. The number of nitrogens with zero attached hydrogens (tertiary/aromatic N) is 2. The third-order valence-corrected chi connectivity index (χ3v) is 3.49. The Morgan fingerprint density at radius 2 is 1.85 bits per heavy atom. The molecule has 0 unspecified atom stereocenters. The van der Waals surface area contributed by atoms with Crippen molar-refractivity contribution in [3.63, 3.8) is 0 Å². The molecule has 20 heavy (non-hydrogen) atoms. The SMILES string of the molecule is CCN(CC)c1ccc(C=C2C(=O)NC(=N)N2C)cc1. The predicted octanol–water partition coefficient (Wildman–Crippen LogP) is 1.87. The first-order chi connectivity index (χ1) is 9.56. The molecule has 106 valence electrons. The molecular formula is C15H20N4O. The third kappa shape index (κ3) is 2.66. The summed E-state index contributed by atoms with van der Waals surface area (Å²) < 4.78 is 0. The number of nitrogens with one attached hydrogen (secondary N) is 2. The van der Waals surface area contributed by atoms with Gasteiger partial charge in [-0.1, -0.05) is 12.1 Å². The molecule has 0 radical (unpaired) electrons. The first-order valence-corrected chi connectivity index (χ1v) is 6.77. The molecule has 1 aromatic carbocycles. The highest BCUT2D eigenvalue weighted by molar-refractivity contribution is 6.14. The summed E-state index contributed by atoms with van der Waals surface area (Å²) in [7, 11) is 1.70. The molecule has 1 aliphatic rings. The highest BCUT2D eigenvalue weighted by atomic mass is 16.2. The number of anilines is 1. The van der Waals surface area contributed by atoms with E-state index in [-0.39, 0.29) is 11.9 Å². The third-order valence-electron chi connectivity index (χ3n) is 3.49. The number of rotatable bonds is 4. The molecule has 2 rings (SSSR count). The van der Waals surface area contributed by atoms with Gasteiger partial charge in [0.1, 0.15) is 5.70 Å². The maximum Gasteiger partial charge on any atom is 0.274 e.